The van der Waals surface area contributed by atoms with Crippen molar-refractivity contribution in [3.63, 3.8) is 0 Å². The van der Waals surface area contributed by atoms with Crippen LogP contribution in [0.15, 0.2) is 6.07 Å². The van der Waals surface area contributed by atoms with Gasteiger partial charge < -0.3 is 15.2 Å². The van der Waals surface area contributed by atoms with Crippen molar-refractivity contribution in [1.29, 1.82) is 0 Å². The summed E-state index contributed by atoms with van der Waals surface area (Å²) in [4.78, 5) is 37.4. The van der Waals surface area contributed by atoms with Crippen molar-refractivity contribution in [3.05, 3.63) is 21.4 Å². The largest absolute Gasteiger partial charge is 0.480 e. The average molecular weight is 369 g/mol. The lowest BCUT2D eigenvalue weighted by atomic mass is 10.1. The molecule has 1 heterocycles. The van der Waals surface area contributed by atoms with Gasteiger partial charge in [0.2, 0.25) is 5.91 Å². The number of carbonyl (C=O) groups excluding carboxylic acids is 2. The molecule has 1 aromatic heterocycles. The number of Topliss-reactive ketones (excluding diaryl/α,β-unsaturated/α-hetero) is 1. The minimum absolute atomic E-state index is 0.0307. The Morgan fingerprint density at radius 1 is 1.24 bits per heavy atom. The number of ether oxygens (including phenoxy) is 1. The molecule has 0 aliphatic rings. The number of thiophene rings is 1. The molecule has 0 aliphatic carbocycles. The Morgan fingerprint density at radius 2 is 1.88 bits per heavy atom. The summed E-state index contributed by atoms with van der Waals surface area (Å²) >= 11 is 1.54. The van der Waals surface area contributed by atoms with E-state index in [1.807, 2.05) is 40.7 Å². The molecule has 2 N–H and O–H groups in total. The highest BCUT2D eigenvalue weighted by Gasteiger charge is 2.22. The Labute approximate surface area is 152 Å². The fraction of sp³-hybridized carbons (Fsp3) is 0.611. The number of carboxylic acid groups (broad SMARTS) is 1. The average Bonchev–Trinajstić information content (AvgIpc) is 2.81. The minimum atomic E-state index is -1.11. The number of carbonyl (C=O) groups is 3. The molecule has 0 saturated heterocycles. The van der Waals surface area contributed by atoms with Gasteiger partial charge in [0, 0.05) is 41.2 Å². The van der Waals surface area contributed by atoms with Crippen LogP contribution in [0, 0.1) is 13.8 Å². The highest BCUT2D eigenvalue weighted by atomic mass is 32.1. The summed E-state index contributed by atoms with van der Waals surface area (Å²) < 4.78 is 5.50. The van der Waals surface area contributed by atoms with Crippen molar-refractivity contribution in [3.8, 4) is 0 Å². The van der Waals surface area contributed by atoms with E-state index in [0.29, 0.717) is 5.56 Å². The SMILES string of the molecule is Cc1cc(C(=O)CCC(=O)NC(CCOC(C)(C)C)C(=O)O)c(C)s1. The molecule has 1 amide bonds. The summed E-state index contributed by atoms with van der Waals surface area (Å²) in [7, 11) is 0. The summed E-state index contributed by atoms with van der Waals surface area (Å²) in [6, 6.07) is 0.805. The van der Waals surface area contributed by atoms with Crippen LogP contribution in [0.4, 0.5) is 0 Å². The predicted octanol–water partition coefficient (Wildman–Crippen LogP) is 3.10. The van der Waals surface area contributed by atoms with Crippen molar-refractivity contribution in [2.45, 2.75) is 65.5 Å². The molecule has 1 aromatic rings. The quantitative estimate of drug-likeness (QED) is 0.653. The van der Waals surface area contributed by atoms with E-state index < -0.39 is 17.9 Å². The van der Waals surface area contributed by atoms with Gasteiger partial charge in [-0.3, -0.25) is 9.59 Å². The number of hydrogen-bond donors (Lipinski definition) is 2. The van der Waals surface area contributed by atoms with Crippen LogP contribution in [-0.4, -0.2) is 41.0 Å². The number of nitrogens with one attached hydrogen (secondary N) is 1. The van der Waals surface area contributed by atoms with Gasteiger partial charge in [0.15, 0.2) is 5.78 Å². The number of hydrogen-bond acceptors (Lipinski definition) is 5. The van der Waals surface area contributed by atoms with Crippen LogP contribution < -0.4 is 5.32 Å². The van der Waals surface area contributed by atoms with Gasteiger partial charge in [-0.15, -0.1) is 11.3 Å². The van der Waals surface area contributed by atoms with Crippen LogP contribution in [0.5, 0.6) is 0 Å². The van der Waals surface area contributed by atoms with Gasteiger partial charge in [-0.2, -0.15) is 0 Å². The lowest BCUT2D eigenvalue weighted by Crippen LogP contribution is -2.42. The first kappa shape index (κ1) is 21.3. The highest BCUT2D eigenvalue weighted by Crippen LogP contribution is 2.22. The van der Waals surface area contributed by atoms with E-state index >= 15 is 0 Å². The van der Waals surface area contributed by atoms with Gasteiger partial charge in [-0.25, -0.2) is 4.79 Å². The highest BCUT2D eigenvalue weighted by molar-refractivity contribution is 7.12. The van der Waals surface area contributed by atoms with E-state index in [2.05, 4.69) is 5.32 Å². The molecule has 0 radical (unpaired) electrons. The lowest BCUT2D eigenvalue weighted by molar-refractivity contribution is -0.142. The van der Waals surface area contributed by atoms with Crippen LogP contribution in [-0.2, 0) is 14.3 Å². The van der Waals surface area contributed by atoms with Gasteiger partial charge in [0.05, 0.1) is 5.60 Å². The predicted molar refractivity (Wildman–Crippen MR) is 97.2 cm³/mol. The number of rotatable bonds is 9. The maximum Gasteiger partial charge on any atom is 0.326 e. The topological polar surface area (TPSA) is 92.7 Å². The Kier molecular flexibility index (Phi) is 7.76. The zero-order valence-corrected chi connectivity index (χ0v) is 16.3. The number of amides is 1. The molecule has 0 bridgehead atoms. The van der Waals surface area contributed by atoms with Gasteiger partial charge in [0.1, 0.15) is 6.04 Å². The molecule has 0 fully saturated rings. The van der Waals surface area contributed by atoms with Crippen molar-refractivity contribution in [2.24, 2.45) is 0 Å². The van der Waals surface area contributed by atoms with Crippen molar-refractivity contribution >= 4 is 29.0 Å². The molecule has 0 saturated carbocycles. The summed E-state index contributed by atoms with van der Waals surface area (Å²) in [5, 5.41) is 11.7. The third kappa shape index (κ3) is 7.79. The van der Waals surface area contributed by atoms with Gasteiger partial charge in [-0.05, 0) is 40.7 Å². The second-order valence-corrected chi connectivity index (χ2v) is 8.42. The maximum absolute atomic E-state index is 12.2. The minimum Gasteiger partial charge on any atom is -0.480 e. The summed E-state index contributed by atoms with van der Waals surface area (Å²) in [6.45, 7) is 9.66. The molecule has 25 heavy (non-hydrogen) atoms. The van der Waals surface area contributed by atoms with Crippen LogP contribution >= 0.6 is 11.3 Å². The maximum atomic E-state index is 12.2. The first-order valence-electron chi connectivity index (χ1n) is 8.26. The Balaban J connectivity index is 2.48. The fourth-order valence-corrected chi connectivity index (χ4v) is 3.22. The van der Waals surface area contributed by atoms with E-state index in [1.54, 1.807) is 11.3 Å². The van der Waals surface area contributed by atoms with E-state index in [1.165, 1.54) is 0 Å². The fourth-order valence-electron chi connectivity index (χ4n) is 2.28. The standard InChI is InChI=1S/C18H27NO5S/c1-11-10-13(12(2)25-11)15(20)6-7-16(21)19-14(17(22)23)8-9-24-18(3,4)5/h10,14H,6-9H2,1-5H3,(H,19,21)(H,22,23). The van der Waals surface area contributed by atoms with Gasteiger partial charge in [-0.1, -0.05) is 0 Å². The zero-order valence-electron chi connectivity index (χ0n) is 15.5. The molecule has 7 heteroatoms. The molecular formula is C18H27NO5S. The summed E-state index contributed by atoms with van der Waals surface area (Å²) in [5.74, 6) is -1.65. The molecule has 0 aliphatic heterocycles. The van der Waals surface area contributed by atoms with Crippen molar-refractivity contribution in [1.82, 2.24) is 5.32 Å². The second-order valence-electron chi connectivity index (χ2n) is 6.96. The molecular weight excluding hydrogens is 342 g/mol. The Morgan fingerprint density at radius 3 is 2.36 bits per heavy atom. The summed E-state index contributed by atoms with van der Waals surface area (Å²) in [6.07, 6.45) is 0.208. The number of carboxylic acids is 1. The molecule has 1 atom stereocenters. The summed E-state index contributed by atoms with van der Waals surface area (Å²) in [5.41, 5.74) is 0.277. The molecule has 0 spiro atoms. The second kappa shape index (κ2) is 9.10. The van der Waals surface area contributed by atoms with Gasteiger partial charge in [0.25, 0.3) is 0 Å². The molecule has 6 nitrogen and oxygen atoms in total. The smallest absolute Gasteiger partial charge is 0.326 e. The van der Waals surface area contributed by atoms with Crippen LogP contribution in [0.3, 0.4) is 0 Å². The lowest BCUT2D eigenvalue weighted by Gasteiger charge is -2.21. The monoisotopic (exact) mass is 369 g/mol. The Hall–Kier alpha value is -1.73. The number of ketones is 1. The zero-order chi connectivity index (χ0) is 19.2. The Bertz CT molecular complexity index is 630. The third-order valence-corrected chi connectivity index (χ3v) is 4.46. The normalized spacial score (nSPS) is 12.7. The van der Waals surface area contributed by atoms with Crippen LogP contribution in [0.25, 0.3) is 0 Å². The van der Waals surface area contributed by atoms with E-state index in [4.69, 9.17) is 4.74 Å². The third-order valence-electron chi connectivity index (χ3n) is 3.50. The number of aryl methyl sites for hydroxylation is 2. The van der Waals surface area contributed by atoms with E-state index in [0.717, 1.165) is 9.75 Å². The molecule has 140 valence electrons. The van der Waals surface area contributed by atoms with E-state index in [-0.39, 0.29) is 37.3 Å². The molecule has 0 aromatic carbocycles. The van der Waals surface area contributed by atoms with E-state index in [9.17, 15) is 19.5 Å². The first-order valence-corrected chi connectivity index (χ1v) is 9.07. The number of aliphatic carboxylic acids is 1. The van der Waals surface area contributed by atoms with Crippen molar-refractivity contribution < 1.29 is 24.2 Å². The van der Waals surface area contributed by atoms with Crippen LogP contribution in [0.1, 0.15) is 60.1 Å². The first-order chi connectivity index (χ1) is 11.5. The van der Waals surface area contributed by atoms with Gasteiger partial charge >= 0.3 is 5.97 Å². The van der Waals surface area contributed by atoms with Crippen molar-refractivity contribution in [2.75, 3.05) is 6.61 Å². The molecule has 1 rings (SSSR count). The molecule has 1 unspecified atom stereocenters. The van der Waals surface area contributed by atoms with Crippen LogP contribution in [0.2, 0.25) is 0 Å².